The molecule has 1 fully saturated rings. The second-order valence-corrected chi connectivity index (χ2v) is 6.24. The summed E-state index contributed by atoms with van der Waals surface area (Å²) in [5.41, 5.74) is 2.18. The second kappa shape index (κ2) is 7.07. The Morgan fingerprint density at radius 3 is 2.46 bits per heavy atom. The van der Waals surface area contributed by atoms with Gasteiger partial charge < -0.3 is 5.32 Å². The Hall–Kier alpha value is -3.03. The summed E-state index contributed by atoms with van der Waals surface area (Å²) in [5, 5.41) is 6.82. The van der Waals surface area contributed by atoms with Gasteiger partial charge >= 0.3 is 0 Å². The van der Waals surface area contributed by atoms with Crippen LogP contribution in [0.25, 0.3) is 5.69 Å². The van der Waals surface area contributed by atoms with Crippen LogP contribution in [0.1, 0.15) is 30.7 Å². The van der Waals surface area contributed by atoms with Gasteiger partial charge in [0.25, 0.3) is 0 Å². The number of aryl methyl sites for hydroxylation is 2. The van der Waals surface area contributed by atoms with Crippen LogP contribution < -0.4 is 5.32 Å². The topological polar surface area (TPSA) is 84.3 Å². The highest BCUT2D eigenvalue weighted by molar-refractivity contribution is 6.02. The first kappa shape index (κ1) is 17.8. The number of aromatic nitrogens is 2. The van der Waals surface area contributed by atoms with Crippen LogP contribution in [0.3, 0.4) is 0 Å². The summed E-state index contributed by atoms with van der Waals surface area (Å²) in [6, 6.07) is 6.18. The number of nitrogens with zero attached hydrogens (tertiary/aromatic N) is 3. The van der Waals surface area contributed by atoms with E-state index in [-0.39, 0.29) is 37.6 Å². The normalized spacial score (nSPS) is 14.2. The van der Waals surface area contributed by atoms with Crippen LogP contribution in [0, 0.1) is 19.7 Å². The van der Waals surface area contributed by atoms with Gasteiger partial charge in [-0.25, -0.2) is 9.07 Å². The maximum atomic E-state index is 14.4. The van der Waals surface area contributed by atoms with Gasteiger partial charge in [-0.05, 0) is 38.1 Å². The van der Waals surface area contributed by atoms with Crippen molar-refractivity contribution in [3.63, 3.8) is 0 Å². The van der Waals surface area contributed by atoms with Gasteiger partial charge in [-0.3, -0.25) is 19.3 Å². The van der Waals surface area contributed by atoms with E-state index < -0.39 is 11.7 Å². The number of amides is 3. The van der Waals surface area contributed by atoms with E-state index >= 15 is 0 Å². The van der Waals surface area contributed by atoms with Gasteiger partial charge in [-0.1, -0.05) is 0 Å². The Morgan fingerprint density at radius 1 is 1.19 bits per heavy atom. The van der Waals surface area contributed by atoms with Crippen molar-refractivity contribution in [2.45, 2.75) is 33.1 Å². The molecular weight excluding hydrogens is 339 g/mol. The summed E-state index contributed by atoms with van der Waals surface area (Å²) >= 11 is 0. The maximum Gasteiger partial charge on any atom is 0.229 e. The van der Waals surface area contributed by atoms with E-state index in [2.05, 4.69) is 10.4 Å². The van der Waals surface area contributed by atoms with Gasteiger partial charge in [0.05, 0.1) is 5.69 Å². The molecule has 26 heavy (non-hydrogen) atoms. The molecule has 3 amide bonds. The average molecular weight is 358 g/mol. The number of imide groups is 1. The molecule has 1 aromatic carbocycles. The number of nitrogens with one attached hydrogen (secondary N) is 1. The van der Waals surface area contributed by atoms with E-state index in [4.69, 9.17) is 0 Å². The standard InChI is InChI=1S/C18H19FN4O3/c1-11-9-12(2)23(21-11)15-4-3-13(10-14(15)19)20-16(24)7-8-22-17(25)5-6-18(22)26/h3-4,9-10H,5-8H2,1-2H3,(H,20,24). The van der Waals surface area contributed by atoms with Crippen molar-refractivity contribution < 1.29 is 18.8 Å². The first-order valence-electron chi connectivity index (χ1n) is 8.31. The number of carbonyl (C=O) groups excluding carboxylic acids is 3. The molecule has 136 valence electrons. The van der Waals surface area contributed by atoms with Crippen molar-refractivity contribution in [3.8, 4) is 5.69 Å². The van der Waals surface area contributed by atoms with E-state index in [1.807, 2.05) is 19.9 Å². The summed E-state index contributed by atoms with van der Waals surface area (Å²) in [6.45, 7) is 3.69. The molecule has 0 aliphatic carbocycles. The molecule has 1 aromatic heterocycles. The SMILES string of the molecule is Cc1cc(C)n(-c2ccc(NC(=O)CCN3C(=O)CCC3=O)cc2F)n1. The summed E-state index contributed by atoms with van der Waals surface area (Å²) < 4.78 is 15.9. The van der Waals surface area contributed by atoms with Crippen LogP contribution >= 0.6 is 0 Å². The van der Waals surface area contributed by atoms with Crippen LogP contribution in [0.15, 0.2) is 24.3 Å². The van der Waals surface area contributed by atoms with Crippen molar-refractivity contribution in [3.05, 3.63) is 41.5 Å². The van der Waals surface area contributed by atoms with Crippen LogP contribution in [-0.4, -0.2) is 38.9 Å². The summed E-state index contributed by atoms with van der Waals surface area (Å²) in [4.78, 5) is 36.1. The molecule has 0 atom stereocenters. The Morgan fingerprint density at radius 2 is 1.88 bits per heavy atom. The molecule has 2 aromatic rings. The van der Waals surface area contributed by atoms with Crippen LogP contribution in [0.2, 0.25) is 0 Å². The van der Waals surface area contributed by atoms with Gasteiger partial charge in [0.2, 0.25) is 17.7 Å². The molecule has 8 heteroatoms. The number of likely N-dealkylation sites (tertiary alicyclic amines) is 1. The smallest absolute Gasteiger partial charge is 0.229 e. The molecule has 0 saturated carbocycles. The molecule has 1 saturated heterocycles. The highest BCUT2D eigenvalue weighted by Gasteiger charge is 2.28. The van der Waals surface area contributed by atoms with Crippen molar-refractivity contribution in [1.29, 1.82) is 0 Å². The Bertz CT molecular complexity index is 875. The van der Waals surface area contributed by atoms with Crippen molar-refractivity contribution in [1.82, 2.24) is 14.7 Å². The van der Waals surface area contributed by atoms with Crippen molar-refractivity contribution in [2.75, 3.05) is 11.9 Å². The van der Waals surface area contributed by atoms with Gasteiger partial charge in [0.1, 0.15) is 5.69 Å². The zero-order valence-corrected chi connectivity index (χ0v) is 14.6. The molecule has 0 radical (unpaired) electrons. The predicted molar refractivity (Wildman–Crippen MR) is 92.2 cm³/mol. The molecular formula is C18H19FN4O3. The highest BCUT2D eigenvalue weighted by Crippen LogP contribution is 2.20. The Kier molecular flexibility index (Phi) is 4.83. The zero-order valence-electron chi connectivity index (χ0n) is 14.6. The molecule has 2 heterocycles. The molecule has 1 aliphatic heterocycles. The third kappa shape index (κ3) is 3.63. The minimum atomic E-state index is -0.515. The van der Waals surface area contributed by atoms with Gasteiger partial charge in [-0.15, -0.1) is 0 Å². The second-order valence-electron chi connectivity index (χ2n) is 6.24. The van der Waals surface area contributed by atoms with Crippen LogP contribution in [-0.2, 0) is 14.4 Å². The number of benzene rings is 1. The lowest BCUT2D eigenvalue weighted by atomic mass is 10.2. The third-order valence-electron chi connectivity index (χ3n) is 4.19. The average Bonchev–Trinajstić information content (AvgIpc) is 3.07. The predicted octanol–water partition coefficient (Wildman–Crippen LogP) is 2.11. The monoisotopic (exact) mass is 358 g/mol. The maximum absolute atomic E-state index is 14.4. The lowest BCUT2D eigenvalue weighted by Gasteiger charge is -2.13. The van der Waals surface area contributed by atoms with Crippen molar-refractivity contribution >= 4 is 23.4 Å². The highest BCUT2D eigenvalue weighted by atomic mass is 19.1. The van der Waals surface area contributed by atoms with Crippen LogP contribution in [0.4, 0.5) is 10.1 Å². The van der Waals surface area contributed by atoms with E-state index in [9.17, 15) is 18.8 Å². The first-order chi connectivity index (χ1) is 12.3. The zero-order chi connectivity index (χ0) is 18.8. The van der Waals surface area contributed by atoms with Crippen molar-refractivity contribution in [2.24, 2.45) is 0 Å². The Labute approximate surface area is 149 Å². The first-order valence-corrected chi connectivity index (χ1v) is 8.31. The molecule has 1 aliphatic rings. The van der Waals surface area contributed by atoms with Gasteiger partial charge in [0.15, 0.2) is 5.82 Å². The minimum absolute atomic E-state index is 0.0295. The fourth-order valence-corrected chi connectivity index (χ4v) is 2.94. The quantitative estimate of drug-likeness (QED) is 0.830. The molecule has 0 bridgehead atoms. The molecule has 0 spiro atoms. The molecule has 0 unspecified atom stereocenters. The number of hydrogen-bond donors (Lipinski definition) is 1. The number of hydrogen-bond acceptors (Lipinski definition) is 4. The summed E-state index contributed by atoms with van der Waals surface area (Å²) in [7, 11) is 0. The lowest BCUT2D eigenvalue weighted by Crippen LogP contribution is -2.32. The number of rotatable bonds is 5. The van der Waals surface area contributed by atoms with Crippen LogP contribution in [0.5, 0.6) is 0 Å². The summed E-state index contributed by atoms with van der Waals surface area (Å²) in [5.74, 6) is -1.43. The van der Waals surface area contributed by atoms with Gasteiger partial charge in [0, 0.05) is 37.2 Å². The van der Waals surface area contributed by atoms with Gasteiger partial charge in [-0.2, -0.15) is 5.10 Å². The fourth-order valence-electron chi connectivity index (χ4n) is 2.94. The molecule has 7 nitrogen and oxygen atoms in total. The Balaban J connectivity index is 1.64. The number of carbonyl (C=O) groups is 3. The van der Waals surface area contributed by atoms with E-state index in [0.717, 1.165) is 16.3 Å². The largest absolute Gasteiger partial charge is 0.326 e. The van der Waals surface area contributed by atoms with E-state index in [1.54, 1.807) is 6.07 Å². The molecule has 1 N–H and O–H groups in total. The van der Waals surface area contributed by atoms with E-state index in [0.29, 0.717) is 11.4 Å². The molecule has 3 rings (SSSR count). The lowest BCUT2D eigenvalue weighted by molar-refractivity contribution is -0.138. The minimum Gasteiger partial charge on any atom is -0.326 e. The summed E-state index contributed by atoms with van der Waals surface area (Å²) in [6.07, 6.45) is 0.358. The number of halogens is 1. The third-order valence-corrected chi connectivity index (χ3v) is 4.19. The number of anilines is 1. The fraction of sp³-hybridized carbons (Fsp3) is 0.333. The van der Waals surface area contributed by atoms with E-state index in [1.165, 1.54) is 16.8 Å².